The second-order valence-electron chi connectivity index (χ2n) is 5.02. The van der Waals surface area contributed by atoms with Gasteiger partial charge in [0, 0.05) is 19.3 Å². The molecule has 0 heterocycles. The zero-order valence-electron chi connectivity index (χ0n) is 11.7. The predicted octanol–water partition coefficient (Wildman–Crippen LogP) is 3.61. The van der Waals surface area contributed by atoms with E-state index in [-0.39, 0.29) is 0 Å². The van der Waals surface area contributed by atoms with Crippen LogP contribution < -0.4 is 5.32 Å². The third kappa shape index (κ3) is 10.4. The lowest BCUT2D eigenvalue weighted by Crippen LogP contribution is -2.30. The second kappa shape index (κ2) is 11.4. The minimum Gasteiger partial charge on any atom is -0.381 e. The van der Waals surface area contributed by atoms with Crippen molar-refractivity contribution in [2.24, 2.45) is 5.92 Å². The molecule has 0 aliphatic heterocycles. The third-order valence-corrected chi connectivity index (χ3v) is 2.77. The van der Waals surface area contributed by atoms with Crippen molar-refractivity contribution >= 4 is 0 Å². The number of hydrogen-bond donors (Lipinski definition) is 1. The minimum atomic E-state index is 0.656. The van der Waals surface area contributed by atoms with Crippen molar-refractivity contribution in [3.8, 4) is 0 Å². The molecule has 0 aliphatic carbocycles. The highest BCUT2D eigenvalue weighted by molar-refractivity contribution is 4.65. The van der Waals surface area contributed by atoms with Crippen molar-refractivity contribution in [2.75, 3.05) is 19.8 Å². The van der Waals surface area contributed by atoms with Gasteiger partial charge in [-0.25, -0.2) is 0 Å². The molecule has 0 fully saturated rings. The van der Waals surface area contributed by atoms with Crippen molar-refractivity contribution in [1.82, 2.24) is 5.32 Å². The van der Waals surface area contributed by atoms with Crippen LogP contribution in [0.5, 0.6) is 0 Å². The van der Waals surface area contributed by atoms with Crippen molar-refractivity contribution in [1.29, 1.82) is 0 Å². The van der Waals surface area contributed by atoms with E-state index in [4.69, 9.17) is 4.74 Å². The summed E-state index contributed by atoms with van der Waals surface area (Å²) in [6, 6.07) is 0.656. The number of rotatable bonds is 11. The molecule has 1 atom stereocenters. The summed E-state index contributed by atoms with van der Waals surface area (Å²) in [7, 11) is 0. The van der Waals surface area contributed by atoms with Crippen molar-refractivity contribution < 1.29 is 4.74 Å². The summed E-state index contributed by atoms with van der Waals surface area (Å²) in [6.45, 7) is 11.9. The molecular formula is C14H31NO. The average molecular weight is 229 g/mol. The van der Waals surface area contributed by atoms with Crippen LogP contribution in [-0.4, -0.2) is 25.8 Å². The van der Waals surface area contributed by atoms with E-state index in [9.17, 15) is 0 Å². The van der Waals surface area contributed by atoms with Gasteiger partial charge in [-0.15, -0.1) is 0 Å². The standard InChI is InChI=1S/C14H31NO/c1-5-7-14(15-10-6-2)9-12-16-11-8-13(3)4/h13-15H,5-12H2,1-4H3. The Morgan fingerprint density at radius 1 is 0.938 bits per heavy atom. The van der Waals surface area contributed by atoms with Crippen LogP contribution in [0.15, 0.2) is 0 Å². The Morgan fingerprint density at radius 2 is 1.62 bits per heavy atom. The number of hydrogen-bond acceptors (Lipinski definition) is 2. The van der Waals surface area contributed by atoms with Crippen LogP contribution in [0.25, 0.3) is 0 Å². The monoisotopic (exact) mass is 229 g/mol. The average Bonchev–Trinajstić information content (AvgIpc) is 2.24. The summed E-state index contributed by atoms with van der Waals surface area (Å²) in [4.78, 5) is 0. The Bertz CT molecular complexity index is 137. The van der Waals surface area contributed by atoms with Crippen molar-refractivity contribution in [2.45, 2.75) is 65.8 Å². The van der Waals surface area contributed by atoms with E-state index < -0.39 is 0 Å². The molecule has 0 aromatic rings. The lowest BCUT2D eigenvalue weighted by molar-refractivity contribution is 0.113. The maximum Gasteiger partial charge on any atom is 0.0480 e. The highest BCUT2D eigenvalue weighted by atomic mass is 16.5. The van der Waals surface area contributed by atoms with Gasteiger partial charge in [0.25, 0.3) is 0 Å². The fourth-order valence-electron chi connectivity index (χ4n) is 1.69. The molecule has 2 heteroatoms. The summed E-state index contributed by atoms with van der Waals surface area (Å²) in [6.07, 6.45) is 6.09. The Labute approximate surface area is 102 Å². The van der Waals surface area contributed by atoms with E-state index in [1.165, 1.54) is 25.7 Å². The Kier molecular flexibility index (Phi) is 11.3. The van der Waals surface area contributed by atoms with Gasteiger partial charge in [-0.2, -0.15) is 0 Å². The van der Waals surface area contributed by atoms with Gasteiger partial charge in [0.05, 0.1) is 0 Å². The smallest absolute Gasteiger partial charge is 0.0480 e. The van der Waals surface area contributed by atoms with Gasteiger partial charge in [-0.1, -0.05) is 34.1 Å². The largest absolute Gasteiger partial charge is 0.381 e. The van der Waals surface area contributed by atoms with E-state index in [1.807, 2.05) is 0 Å². The molecule has 0 saturated heterocycles. The molecular weight excluding hydrogens is 198 g/mol. The van der Waals surface area contributed by atoms with Gasteiger partial charge >= 0.3 is 0 Å². The van der Waals surface area contributed by atoms with Crippen LogP contribution in [0.3, 0.4) is 0 Å². The lowest BCUT2D eigenvalue weighted by Gasteiger charge is -2.17. The van der Waals surface area contributed by atoms with Gasteiger partial charge in [-0.05, 0) is 38.1 Å². The van der Waals surface area contributed by atoms with E-state index in [2.05, 4.69) is 33.0 Å². The topological polar surface area (TPSA) is 21.3 Å². The van der Waals surface area contributed by atoms with Gasteiger partial charge in [-0.3, -0.25) is 0 Å². The quantitative estimate of drug-likeness (QED) is 0.547. The third-order valence-electron chi connectivity index (χ3n) is 2.77. The molecule has 0 bridgehead atoms. The highest BCUT2D eigenvalue weighted by Gasteiger charge is 2.05. The maximum absolute atomic E-state index is 5.66. The molecule has 0 amide bonds. The predicted molar refractivity (Wildman–Crippen MR) is 71.9 cm³/mol. The molecule has 0 rings (SSSR count). The fraction of sp³-hybridized carbons (Fsp3) is 1.00. The molecule has 1 N–H and O–H groups in total. The van der Waals surface area contributed by atoms with Crippen LogP contribution in [0, 0.1) is 5.92 Å². The second-order valence-corrected chi connectivity index (χ2v) is 5.02. The zero-order valence-corrected chi connectivity index (χ0v) is 11.7. The zero-order chi connectivity index (χ0) is 12.2. The molecule has 98 valence electrons. The minimum absolute atomic E-state index is 0.656. The number of nitrogens with one attached hydrogen (secondary N) is 1. The summed E-state index contributed by atoms with van der Waals surface area (Å²) >= 11 is 0. The van der Waals surface area contributed by atoms with E-state index in [0.29, 0.717) is 6.04 Å². The maximum atomic E-state index is 5.66. The van der Waals surface area contributed by atoms with E-state index in [1.54, 1.807) is 0 Å². The van der Waals surface area contributed by atoms with Crippen molar-refractivity contribution in [3.05, 3.63) is 0 Å². The highest BCUT2D eigenvalue weighted by Crippen LogP contribution is 2.04. The van der Waals surface area contributed by atoms with Crippen LogP contribution in [0.4, 0.5) is 0 Å². The normalized spacial score (nSPS) is 13.3. The van der Waals surface area contributed by atoms with Crippen LogP contribution in [0.2, 0.25) is 0 Å². The van der Waals surface area contributed by atoms with Crippen LogP contribution in [-0.2, 0) is 4.74 Å². The molecule has 0 aliphatic rings. The van der Waals surface area contributed by atoms with Gasteiger partial charge in [0.1, 0.15) is 0 Å². The summed E-state index contributed by atoms with van der Waals surface area (Å²) in [5, 5.41) is 3.59. The number of ether oxygens (including phenoxy) is 1. The van der Waals surface area contributed by atoms with Gasteiger partial charge in [0.2, 0.25) is 0 Å². The first-order valence-electron chi connectivity index (χ1n) is 7.01. The first-order valence-corrected chi connectivity index (χ1v) is 7.01. The summed E-state index contributed by atoms with van der Waals surface area (Å²) < 4.78 is 5.66. The fourth-order valence-corrected chi connectivity index (χ4v) is 1.69. The molecule has 0 radical (unpaired) electrons. The van der Waals surface area contributed by atoms with Crippen LogP contribution >= 0.6 is 0 Å². The molecule has 0 aromatic carbocycles. The Balaban J connectivity index is 3.43. The molecule has 2 nitrogen and oxygen atoms in total. The van der Waals surface area contributed by atoms with E-state index >= 15 is 0 Å². The van der Waals surface area contributed by atoms with Crippen molar-refractivity contribution in [3.63, 3.8) is 0 Å². The Hall–Kier alpha value is -0.0800. The summed E-state index contributed by atoms with van der Waals surface area (Å²) in [5.74, 6) is 0.754. The van der Waals surface area contributed by atoms with Crippen LogP contribution in [0.1, 0.15) is 59.8 Å². The first kappa shape index (κ1) is 15.9. The molecule has 0 saturated carbocycles. The molecule has 0 aromatic heterocycles. The SMILES string of the molecule is CCCNC(CCC)CCOCCC(C)C. The molecule has 1 unspecified atom stereocenters. The van der Waals surface area contributed by atoms with Gasteiger partial charge in [0.15, 0.2) is 0 Å². The lowest BCUT2D eigenvalue weighted by atomic mass is 10.1. The molecule has 0 spiro atoms. The van der Waals surface area contributed by atoms with E-state index in [0.717, 1.165) is 32.1 Å². The first-order chi connectivity index (χ1) is 7.70. The Morgan fingerprint density at radius 3 is 2.19 bits per heavy atom. The molecule has 16 heavy (non-hydrogen) atoms. The van der Waals surface area contributed by atoms with Gasteiger partial charge < -0.3 is 10.1 Å². The summed E-state index contributed by atoms with van der Waals surface area (Å²) in [5.41, 5.74) is 0.